The van der Waals surface area contributed by atoms with Gasteiger partial charge >= 0.3 is 12.1 Å². The van der Waals surface area contributed by atoms with Crippen LogP contribution in [0.5, 0.6) is 0 Å². The van der Waals surface area contributed by atoms with Gasteiger partial charge in [-0.1, -0.05) is 0 Å². The summed E-state index contributed by atoms with van der Waals surface area (Å²) in [5.41, 5.74) is 0.853. The molecule has 4 rings (SSSR count). The van der Waals surface area contributed by atoms with Gasteiger partial charge in [0, 0.05) is 37.6 Å². The van der Waals surface area contributed by atoms with Gasteiger partial charge in [-0.3, -0.25) is 0 Å². The molecule has 2 atom stereocenters. The minimum Gasteiger partial charge on any atom is -0.444 e. The van der Waals surface area contributed by atoms with Gasteiger partial charge in [-0.15, -0.1) is 11.3 Å². The topological polar surface area (TPSA) is 61.9 Å². The Labute approximate surface area is 164 Å². The summed E-state index contributed by atoms with van der Waals surface area (Å²) in [6.07, 6.45) is 1.77. The SMILES string of the molecule is CC(C)(C)OC(=O)N1CC2C(CCNC(=O)N3CCc4sccc4C3)C2C1. The van der Waals surface area contributed by atoms with Crippen molar-refractivity contribution in [1.29, 1.82) is 0 Å². The number of urea groups is 1. The van der Waals surface area contributed by atoms with Crippen LogP contribution in [-0.4, -0.2) is 53.7 Å². The second-order valence-corrected chi connectivity index (χ2v) is 9.94. The van der Waals surface area contributed by atoms with Crippen LogP contribution < -0.4 is 5.32 Å². The molecule has 3 heterocycles. The van der Waals surface area contributed by atoms with Crippen molar-refractivity contribution >= 4 is 23.5 Å². The van der Waals surface area contributed by atoms with E-state index in [-0.39, 0.29) is 12.1 Å². The lowest BCUT2D eigenvalue weighted by atomic mass is 10.1. The van der Waals surface area contributed by atoms with Gasteiger partial charge in [0.1, 0.15) is 5.60 Å². The summed E-state index contributed by atoms with van der Waals surface area (Å²) in [4.78, 5) is 29.7. The molecule has 0 radical (unpaired) electrons. The second kappa shape index (κ2) is 7.00. The van der Waals surface area contributed by atoms with Crippen molar-refractivity contribution in [1.82, 2.24) is 15.1 Å². The van der Waals surface area contributed by atoms with Gasteiger partial charge in [0.25, 0.3) is 0 Å². The third kappa shape index (κ3) is 4.08. The van der Waals surface area contributed by atoms with Crippen LogP contribution in [0.2, 0.25) is 0 Å². The van der Waals surface area contributed by atoms with E-state index in [1.807, 2.05) is 30.6 Å². The Morgan fingerprint density at radius 2 is 2.00 bits per heavy atom. The first-order chi connectivity index (χ1) is 12.8. The molecule has 1 aromatic rings. The average molecular weight is 392 g/mol. The number of piperidine rings is 1. The zero-order valence-electron chi connectivity index (χ0n) is 16.4. The number of thiophene rings is 1. The van der Waals surface area contributed by atoms with Crippen LogP contribution in [0.25, 0.3) is 0 Å². The molecule has 27 heavy (non-hydrogen) atoms. The first-order valence-corrected chi connectivity index (χ1v) is 10.8. The summed E-state index contributed by atoms with van der Waals surface area (Å²) in [6, 6.07) is 2.18. The van der Waals surface area contributed by atoms with Crippen LogP contribution in [0.1, 0.15) is 37.6 Å². The third-order valence-electron chi connectivity index (χ3n) is 5.87. The van der Waals surface area contributed by atoms with E-state index in [2.05, 4.69) is 16.8 Å². The van der Waals surface area contributed by atoms with Crippen molar-refractivity contribution in [2.75, 3.05) is 26.2 Å². The predicted octanol–water partition coefficient (Wildman–Crippen LogP) is 3.32. The number of hydrogen-bond donors (Lipinski definition) is 1. The normalized spacial score (nSPS) is 26.4. The fraction of sp³-hybridized carbons (Fsp3) is 0.700. The Morgan fingerprint density at radius 3 is 2.70 bits per heavy atom. The zero-order valence-corrected chi connectivity index (χ0v) is 17.2. The summed E-state index contributed by atoms with van der Waals surface area (Å²) in [7, 11) is 0. The Bertz CT molecular complexity index is 714. The summed E-state index contributed by atoms with van der Waals surface area (Å²) >= 11 is 1.79. The molecule has 2 fully saturated rings. The average Bonchev–Trinajstić information content (AvgIpc) is 2.99. The van der Waals surface area contributed by atoms with Gasteiger partial charge < -0.3 is 19.9 Å². The van der Waals surface area contributed by atoms with Crippen LogP contribution in [0, 0.1) is 17.8 Å². The summed E-state index contributed by atoms with van der Waals surface area (Å²) < 4.78 is 5.45. The molecule has 2 aliphatic heterocycles. The largest absolute Gasteiger partial charge is 0.444 e. The highest BCUT2D eigenvalue weighted by atomic mass is 32.1. The van der Waals surface area contributed by atoms with E-state index in [4.69, 9.17) is 4.74 Å². The molecule has 1 aromatic heterocycles. The molecule has 6 nitrogen and oxygen atoms in total. The number of carbonyl (C=O) groups excluding carboxylic acids is 2. The molecule has 1 N–H and O–H groups in total. The van der Waals surface area contributed by atoms with E-state index in [9.17, 15) is 9.59 Å². The minimum atomic E-state index is -0.439. The molecule has 7 heteroatoms. The fourth-order valence-electron chi connectivity index (χ4n) is 4.43. The Balaban J connectivity index is 1.15. The number of hydrogen-bond acceptors (Lipinski definition) is 4. The molecule has 1 aliphatic carbocycles. The molecule has 1 saturated heterocycles. The molecule has 1 saturated carbocycles. The number of carbonyl (C=O) groups is 2. The van der Waals surface area contributed by atoms with E-state index in [0.717, 1.165) is 45.6 Å². The number of rotatable bonds is 3. The molecule has 0 spiro atoms. The summed E-state index contributed by atoms with van der Waals surface area (Å²) in [5.74, 6) is 1.80. The van der Waals surface area contributed by atoms with Gasteiger partial charge in [-0.05, 0) is 68.4 Å². The Kier molecular flexibility index (Phi) is 4.82. The van der Waals surface area contributed by atoms with Crippen molar-refractivity contribution in [3.8, 4) is 0 Å². The van der Waals surface area contributed by atoms with E-state index in [0.29, 0.717) is 17.8 Å². The maximum atomic E-state index is 12.4. The lowest BCUT2D eigenvalue weighted by Gasteiger charge is -2.27. The number of likely N-dealkylation sites (tertiary alicyclic amines) is 1. The second-order valence-electron chi connectivity index (χ2n) is 8.94. The monoisotopic (exact) mass is 391 g/mol. The lowest BCUT2D eigenvalue weighted by Crippen LogP contribution is -2.43. The number of amides is 3. The molecule has 0 bridgehead atoms. The Morgan fingerprint density at radius 1 is 1.26 bits per heavy atom. The molecule has 3 aliphatic rings. The van der Waals surface area contributed by atoms with E-state index in [1.165, 1.54) is 10.4 Å². The van der Waals surface area contributed by atoms with E-state index < -0.39 is 5.60 Å². The van der Waals surface area contributed by atoms with Crippen molar-refractivity contribution in [3.63, 3.8) is 0 Å². The predicted molar refractivity (Wildman–Crippen MR) is 105 cm³/mol. The zero-order chi connectivity index (χ0) is 19.2. The fourth-order valence-corrected chi connectivity index (χ4v) is 5.32. The van der Waals surface area contributed by atoms with Crippen molar-refractivity contribution < 1.29 is 14.3 Å². The molecule has 2 unspecified atom stereocenters. The van der Waals surface area contributed by atoms with Crippen LogP contribution in [-0.2, 0) is 17.7 Å². The lowest BCUT2D eigenvalue weighted by molar-refractivity contribution is 0.0265. The first kappa shape index (κ1) is 18.6. The summed E-state index contributed by atoms with van der Waals surface area (Å²) in [6.45, 7) is 9.54. The maximum absolute atomic E-state index is 12.4. The minimum absolute atomic E-state index is 0.0491. The van der Waals surface area contributed by atoms with Crippen LogP contribution >= 0.6 is 11.3 Å². The highest BCUT2D eigenvalue weighted by molar-refractivity contribution is 7.10. The number of nitrogens with zero attached hydrogens (tertiary/aromatic N) is 2. The molecular weight excluding hydrogens is 362 g/mol. The molecule has 148 valence electrons. The molecular formula is C20H29N3O3S. The third-order valence-corrected chi connectivity index (χ3v) is 6.89. The smallest absolute Gasteiger partial charge is 0.410 e. The quantitative estimate of drug-likeness (QED) is 0.860. The number of nitrogens with one attached hydrogen (secondary N) is 1. The van der Waals surface area contributed by atoms with E-state index in [1.54, 1.807) is 11.3 Å². The standard InChI is InChI=1S/C20H29N3O3S/c1-20(2,3)26-19(25)23-11-15-14(16(15)12-23)4-7-21-18(24)22-8-5-17-13(10-22)6-9-27-17/h6,9,14-16H,4-5,7-8,10-12H2,1-3H3,(H,21,24). The van der Waals surface area contributed by atoms with Crippen LogP contribution in [0.4, 0.5) is 9.59 Å². The highest BCUT2D eigenvalue weighted by Crippen LogP contribution is 2.53. The number of ether oxygens (including phenoxy) is 1. The van der Waals surface area contributed by atoms with Crippen LogP contribution in [0.3, 0.4) is 0 Å². The van der Waals surface area contributed by atoms with Crippen molar-refractivity contribution in [2.24, 2.45) is 17.8 Å². The van der Waals surface area contributed by atoms with E-state index >= 15 is 0 Å². The van der Waals surface area contributed by atoms with Gasteiger partial charge in [0.15, 0.2) is 0 Å². The van der Waals surface area contributed by atoms with Gasteiger partial charge in [0.05, 0.1) is 0 Å². The first-order valence-electron chi connectivity index (χ1n) is 9.88. The van der Waals surface area contributed by atoms with Crippen molar-refractivity contribution in [3.05, 3.63) is 21.9 Å². The number of fused-ring (bicyclic) bond motifs is 2. The van der Waals surface area contributed by atoms with Gasteiger partial charge in [0.2, 0.25) is 0 Å². The summed E-state index contributed by atoms with van der Waals surface area (Å²) in [5, 5.41) is 5.20. The van der Waals surface area contributed by atoms with Gasteiger partial charge in [-0.25, -0.2) is 9.59 Å². The highest BCUT2D eigenvalue weighted by Gasteiger charge is 2.56. The van der Waals surface area contributed by atoms with Gasteiger partial charge in [-0.2, -0.15) is 0 Å². The van der Waals surface area contributed by atoms with Crippen LogP contribution in [0.15, 0.2) is 11.4 Å². The van der Waals surface area contributed by atoms with Crippen molar-refractivity contribution in [2.45, 2.75) is 45.8 Å². The Hall–Kier alpha value is -1.76. The maximum Gasteiger partial charge on any atom is 0.410 e. The molecule has 3 amide bonds. The molecule has 0 aromatic carbocycles.